The van der Waals surface area contributed by atoms with Crippen LogP contribution in [0.25, 0.3) is 6.08 Å². The predicted molar refractivity (Wildman–Crippen MR) is 124 cm³/mol. The first-order valence-corrected chi connectivity index (χ1v) is 10.7. The molecule has 0 spiro atoms. The van der Waals surface area contributed by atoms with Crippen molar-refractivity contribution in [3.05, 3.63) is 83.9 Å². The molecule has 0 fully saturated rings. The molecule has 0 amide bonds. The lowest BCUT2D eigenvalue weighted by molar-refractivity contribution is 0.104. The first-order valence-electron chi connectivity index (χ1n) is 9.93. The Labute approximate surface area is 176 Å². The Bertz CT molecular complexity index is 1050. The summed E-state index contributed by atoms with van der Waals surface area (Å²) in [5, 5.41) is 3.44. The largest absolute Gasteiger partial charge is 0.372 e. The van der Waals surface area contributed by atoms with Crippen molar-refractivity contribution in [3.63, 3.8) is 0 Å². The quantitative estimate of drug-likeness (QED) is 0.290. The first-order chi connectivity index (χ1) is 14.2. The van der Waals surface area contributed by atoms with Gasteiger partial charge in [0.05, 0.1) is 11.4 Å². The van der Waals surface area contributed by atoms with Gasteiger partial charge in [0.15, 0.2) is 5.78 Å². The Hall–Kier alpha value is -2.98. The number of hydrogen-bond donors (Lipinski definition) is 1. The SMILES string of the molecule is CCN(CC)c1ccc(/C=C/C(=O)c2ccc3c(c2)Nc2ccccc2S3)cc1. The molecule has 1 aliphatic rings. The summed E-state index contributed by atoms with van der Waals surface area (Å²) in [5.74, 6) is 0.00581. The summed E-state index contributed by atoms with van der Waals surface area (Å²) in [4.78, 5) is 17.3. The van der Waals surface area contributed by atoms with Gasteiger partial charge in [-0.15, -0.1) is 0 Å². The highest BCUT2D eigenvalue weighted by molar-refractivity contribution is 7.99. The molecule has 146 valence electrons. The Morgan fingerprint density at radius 2 is 1.66 bits per heavy atom. The molecule has 0 atom stereocenters. The van der Waals surface area contributed by atoms with Crippen molar-refractivity contribution in [1.82, 2.24) is 0 Å². The van der Waals surface area contributed by atoms with E-state index >= 15 is 0 Å². The van der Waals surface area contributed by atoms with E-state index in [4.69, 9.17) is 0 Å². The highest BCUT2D eigenvalue weighted by atomic mass is 32.2. The first kappa shape index (κ1) is 19.3. The number of hydrogen-bond acceptors (Lipinski definition) is 4. The number of anilines is 3. The number of allylic oxidation sites excluding steroid dienone is 1. The molecular weight excluding hydrogens is 376 g/mol. The molecule has 0 bridgehead atoms. The van der Waals surface area contributed by atoms with Gasteiger partial charge in [-0.3, -0.25) is 4.79 Å². The molecule has 3 nitrogen and oxygen atoms in total. The van der Waals surface area contributed by atoms with Crippen molar-refractivity contribution in [2.75, 3.05) is 23.3 Å². The van der Waals surface area contributed by atoms with Crippen molar-refractivity contribution >= 4 is 40.7 Å². The zero-order chi connectivity index (χ0) is 20.2. The summed E-state index contributed by atoms with van der Waals surface area (Å²) in [6.07, 6.45) is 3.53. The average Bonchev–Trinajstić information content (AvgIpc) is 2.77. The zero-order valence-electron chi connectivity index (χ0n) is 16.7. The number of nitrogens with one attached hydrogen (secondary N) is 1. The van der Waals surface area contributed by atoms with E-state index in [-0.39, 0.29) is 5.78 Å². The molecule has 0 radical (unpaired) electrons. The fourth-order valence-corrected chi connectivity index (χ4v) is 4.41. The van der Waals surface area contributed by atoms with Crippen LogP contribution in [0.3, 0.4) is 0 Å². The Kier molecular flexibility index (Phi) is 5.72. The molecule has 0 aromatic heterocycles. The molecule has 29 heavy (non-hydrogen) atoms. The molecule has 0 saturated heterocycles. The van der Waals surface area contributed by atoms with E-state index in [9.17, 15) is 4.79 Å². The number of fused-ring (bicyclic) bond motifs is 2. The van der Waals surface area contributed by atoms with Gasteiger partial charge in [-0.2, -0.15) is 0 Å². The minimum absolute atomic E-state index is 0.00581. The van der Waals surface area contributed by atoms with E-state index in [1.54, 1.807) is 17.8 Å². The molecule has 4 rings (SSSR count). The number of para-hydroxylation sites is 1. The van der Waals surface area contributed by atoms with Gasteiger partial charge in [0.2, 0.25) is 0 Å². The third kappa shape index (κ3) is 4.22. The highest BCUT2D eigenvalue weighted by Gasteiger charge is 2.16. The Morgan fingerprint density at radius 3 is 2.41 bits per heavy atom. The molecule has 1 heterocycles. The molecular formula is C25H24N2OS. The van der Waals surface area contributed by atoms with Crippen LogP contribution < -0.4 is 10.2 Å². The summed E-state index contributed by atoms with van der Waals surface area (Å²) in [6.45, 7) is 6.28. The third-order valence-corrected chi connectivity index (χ3v) is 6.24. The van der Waals surface area contributed by atoms with Gasteiger partial charge in [0, 0.05) is 34.1 Å². The van der Waals surface area contributed by atoms with Crippen molar-refractivity contribution in [1.29, 1.82) is 0 Å². The lowest BCUT2D eigenvalue weighted by atomic mass is 10.1. The lowest BCUT2D eigenvalue weighted by Gasteiger charge is -2.21. The second-order valence-corrected chi connectivity index (χ2v) is 7.98. The van der Waals surface area contributed by atoms with Gasteiger partial charge in [0.1, 0.15) is 0 Å². The normalized spacial score (nSPS) is 12.2. The standard InChI is InChI=1S/C25H24N2OS/c1-3-27(4-2)20-13-9-18(10-14-20)11-15-23(28)19-12-16-25-22(17-19)26-21-7-5-6-8-24(21)29-25/h5-17,26H,3-4H2,1-2H3/b15-11+. The van der Waals surface area contributed by atoms with Crippen LogP contribution >= 0.6 is 11.8 Å². The number of carbonyl (C=O) groups is 1. The topological polar surface area (TPSA) is 32.3 Å². The monoisotopic (exact) mass is 400 g/mol. The van der Waals surface area contributed by atoms with Crippen LogP contribution in [-0.4, -0.2) is 18.9 Å². The number of benzene rings is 3. The van der Waals surface area contributed by atoms with E-state index < -0.39 is 0 Å². The summed E-state index contributed by atoms with van der Waals surface area (Å²) in [7, 11) is 0. The van der Waals surface area contributed by atoms with Gasteiger partial charge < -0.3 is 10.2 Å². The van der Waals surface area contributed by atoms with Crippen LogP contribution in [0.2, 0.25) is 0 Å². The van der Waals surface area contributed by atoms with Crippen LogP contribution in [0.1, 0.15) is 29.8 Å². The van der Waals surface area contributed by atoms with E-state index in [0.29, 0.717) is 5.56 Å². The maximum absolute atomic E-state index is 12.7. The number of rotatable bonds is 6. The predicted octanol–water partition coefficient (Wildman–Crippen LogP) is 6.64. The van der Waals surface area contributed by atoms with E-state index in [1.807, 2.05) is 36.4 Å². The zero-order valence-corrected chi connectivity index (χ0v) is 17.5. The van der Waals surface area contributed by atoms with E-state index in [2.05, 4.69) is 60.5 Å². The van der Waals surface area contributed by atoms with Crippen LogP contribution in [0.4, 0.5) is 17.1 Å². The Morgan fingerprint density at radius 1 is 0.931 bits per heavy atom. The van der Waals surface area contributed by atoms with Gasteiger partial charge in [-0.25, -0.2) is 0 Å². The van der Waals surface area contributed by atoms with Crippen LogP contribution in [0.15, 0.2) is 82.6 Å². The van der Waals surface area contributed by atoms with Crippen molar-refractivity contribution in [2.45, 2.75) is 23.6 Å². The van der Waals surface area contributed by atoms with Gasteiger partial charge in [0.25, 0.3) is 0 Å². The number of nitrogens with zero attached hydrogens (tertiary/aromatic N) is 1. The fraction of sp³-hybridized carbons (Fsp3) is 0.160. The molecule has 1 aliphatic heterocycles. The molecule has 3 aromatic rings. The molecule has 4 heteroatoms. The van der Waals surface area contributed by atoms with Crippen LogP contribution in [0.5, 0.6) is 0 Å². The fourth-order valence-electron chi connectivity index (χ4n) is 3.45. The molecule has 3 aromatic carbocycles. The van der Waals surface area contributed by atoms with Gasteiger partial charge in [-0.1, -0.05) is 42.1 Å². The van der Waals surface area contributed by atoms with E-state index in [1.165, 1.54) is 10.6 Å². The second kappa shape index (κ2) is 8.58. The Balaban J connectivity index is 1.48. The summed E-state index contributed by atoms with van der Waals surface area (Å²) >= 11 is 1.72. The van der Waals surface area contributed by atoms with Crippen LogP contribution in [0, 0.1) is 0 Å². The maximum atomic E-state index is 12.7. The lowest BCUT2D eigenvalue weighted by Crippen LogP contribution is -2.21. The second-order valence-electron chi connectivity index (χ2n) is 6.90. The summed E-state index contributed by atoms with van der Waals surface area (Å²) < 4.78 is 0. The molecule has 0 unspecified atom stereocenters. The summed E-state index contributed by atoms with van der Waals surface area (Å²) in [5.41, 5.74) is 4.98. The van der Waals surface area contributed by atoms with Crippen LogP contribution in [-0.2, 0) is 0 Å². The van der Waals surface area contributed by atoms with Crippen molar-refractivity contribution in [3.8, 4) is 0 Å². The van der Waals surface area contributed by atoms with E-state index in [0.717, 1.165) is 34.9 Å². The minimum Gasteiger partial charge on any atom is -0.372 e. The van der Waals surface area contributed by atoms with Crippen molar-refractivity contribution < 1.29 is 4.79 Å². The molecule has 0 aliphatic carbocycles. The smallest absolute Gasteiger partial charge is 0.185 e. The van der Waals surface area contributed by atoms with Crippen molar-refractivity contribution in [2.24, 2.45) is 0 Å². The number of ketones is 1. The summed E-state index contributed by atoms with van der Waals surface area (Å²) in [6, 6.07) is 22.4. The minimum atomic E-state index is 0.00581. The van der Waals surface area contributed by atoms with Gasteiger partial charge in [-0.05, 0) is 68.0 Å². The average molecular weight is 401 g/mol. The third-order valence-electron chi connectivity index (χ3n) is 5.09. The number of carbonyl (C=O) groups excluding carboxylic acids is 1. The van der Waals surface area contributed by atoms with Gasteiger partial charge >= 0.3 is 0 Å². The molecule has 0 saturated carbocycles. The molecule has 1 N–H and O–H groups in total. The maximum Gasteiger partial charge on any atom is 0.185 e. The highest BCUT2D eigenvalue weighted by Crippen LogP contribution is 2.44.